The maximum absolute atomic E-state index is 13.8. The summed E-state index contributed by atoms with van der Waals surface area (Å²) in [4.78, 5) is 39.4. The molecule has 4 heteroatoms. The first-order valence-electron chi connectivity index (χ1n) is 9.68. The van der Waals surface area contributed by atoms with Gasteiger partial charge in [-0.05, 0) is 72.1 Å². The van der Waals surface area contributed by atoms with Crippen molar-refractivity contribution in [2.45, 2.75) is 74.7 Å². The van der Waals surface area contributed by atoms with E-state index in [-0.39, 0.29) is 23.9 Å². The second-order valence-electron chi connectivity index (χ2n) is 9.21. The van der Waals surface area contributed by atoms with Gasteiger partial charge in [0.1, 0.15) is 11.2 Å². The molecule has 152 valence electrons. The van der Waals surface area contributed by atoms with E-state index >= 15 is 0 Å². The fraction of sp³-hybridized carbons (Fsp3) is 0.696. The van der Waals surface area contributed by atoms with Crippen LogP contribution in [-0.4, -0.2) is 24.6 Å². The van der Waals surface area contributed by atoms with Crippen molar-refractivity contribution in [3.05, 3.63) is 23.3 Å². The molecule has 0 bridgehead atoms. The molecule has 0 heterocycles. The van der Waals surface area contributed by atoms with E-state index in [0.717, 1.165) is 12.0 Å². The fourth-order valence-electron chi connectivity index (χ4n) is 4.33. The average Bonchev–Trinajstić information content (AvgIpc) is 2.57. The summed E-state index contributed by atoms with van der Waals surface area (Å²) < 4.78 is 5.10. The van der Waals surface area contributed by atoms with Crippen molar-refractivity contribution in [1.29, 1.82) is 0 Å². The summed E-state index contributed by atoms with van der Waals surface area (Å²) in [7, 11) is 1.32. The van der Waals surface area contributed by atoms with Crippen molar-refractivity contribution >= 4 is 17.5 Å². The minimum atomic E-state index is -1.32. The lowest BCUT2D eigenvalue weighted by atomic mass is 9.45. The Balaban J connectivity index is 3.70. The lowest BCUT2D eigenvalue weighted by Crippen LogP contribution is -2.63. The van der Waals surface area contributed by atoms with Crippen LogP contribution >= 0.6 is 0 Å². The standard InChI is InChI=1S/C23H36O4/c1-15(2)10-11-18-14-23(20(26)27-9,13-12-16(3)4)19(25)22(8,17(5)24)21(18,6)7/h10,12,18H,11,13-14H2,1-9H3/t18-,22+,23+/m1/s1. The average molecular weight is 377 g/mol. The summed E-state index contributed by atoms with van der Waals surface area (Å²) in [6.07, 6.45) is 5.42. The van der Waals surface area contributed by atoms with E-state index in [1.807, 2.05) is 47.6 Å². The Labute approximate surface area is 164 Å². The maximum Gasteiger partial charge on any atom is 0.319 e. The van der Waals surface area contributed by atoms with Gasteiger partial charge in [0.25, 0.3) is 0 Å². The number of ketones is 2. The summed E-state index contributed by atoms with van der Waals surface area (Å²) in [6.45, 7) is 15.1. The van der Waals surface area contributed by atoms with E-state index in [2.05, 4.69) is 6.08 Å². The van der Waals surface area contributed by atoms with Crippen molar-refractivity contribution in [2.24, 2.45) is 22.2 Å². The molecule has 0 unspecified atom stereocenters. The summed E-state index contributed by atoms with van der Waals surface area (Å²) in [5.41, 5.74) is -0.914. The number of ether oxygens (including phenoxy) is 1. The van der Waals surface area contributed by atoms with Gasteiger partial charge in [-0.15, -0.1) is 0 Å². The smallest absolute Gasteiger partial charge is 0.319 e. The molecule has 0 amide bonds. The number of Topliss-reactive ketones (excluding diaryl/α,β-unsaturated/α-hetero) is 2. The van der Waals surface area contributed by atoms with E-state index in [4.69, 9.17) is 4.74 Å². The van der Waals surface area contributed by atoms with E-state index in [0.29, 0.717) is 6.42 Å². The van der Waals surface area contributed by atoms with Gasteiger partial charge >= 0.3 is 5.97 Å². The lowest BCUT2D eigenvalue weighted by molar-refractivity contribution is -0.179. The van der Waals surface area contributed by atoms with Crippen molar-refractivity contribution in [3.63, 3.8) is 0 Å². The number of carbonyl (C=O) groups is 3. The Kier molecular flexibility index (Phi) is 7.01. The number of esters is 1. The van der Waals surface area contributed by atoms with Crippen LogP contribution in [0.1, 0.15) is 74.7 Å². The highest BCUT2D eigenvalue weighted by Crippen LogP contribution is 2.59. The molecule has 1 saturated carbocycles. The van der Waals surface area contributed by atoms with E-state index in [9.17, 15) is 14.4 Å². The SMILES string of the molecule is COC(=O)[C@@]1(CC=C(C)C)C[C@@H](CC=C(C)C)C(C)(C)[C@@](C)(C(C)=O)C1=O. The number of rotatable bonds is 6. The second-order valence-corrected chi connectivity index (χ2v) is 9.21. The summed E-state index contributed by atoms with van der Waals surface area (Å²) in [5, 5.41) is 0. The van der Waals surface area contributed by atoms with Gasteiger partial charge in [-0.25, -0.2) is 0 Å². The zero-order valence-corrected chi connectivity index (χ0v) is 18.5. The van der Waals surface area contributed by atoms with Gasteiger partial charge in [-0.2, -0.15) is 0 Å². The van der Waals surface area contributed by atoms with Gasteiger partial charge in [-0.3, -0.25) is 14.4 Å². The number of hydrogen-bond acceptors (Lipinski definition) is 4. The van der Waals surface area contributed by atoms with Crippen molar-refractivity contribution in [1.82, 2.24) is 0 Å². The molecule has 0 aromatic carbocycles. The minimum Gasteiger partial charge on any atom is -0.468 e. The molecule has 0 saturated heterocycles. The molecule has 1 aliphatic carbocycles. The molecule has 0 radical (unpaired) electrons. The number of carbonyl (C=O) groups excluding carboxylic acids is 3. The zero-order valence-electron chi connectivity index (χ0n) is 18.5. The first-order valence-corrected chi connectivity index (χ1v) is 9.68. The Morgan fingerprint density at radius 1 is 1.04 bits per heavy atom. The van der Waals surface area contributed by atoms with Gasteiger partial charge in [0.15, 0.2) is 5.78 Å². The molecule has 1 rings (SSSR count). The van der Waals surface area contributed by atoms with E-state index < -0.39 is 22.2 Å². The first kappa shape index (κ1) is 23.3. The molecule has 1 aliphatic rings. The van der Waals surface area contributed by atoms with Crippen LogP contribution in [0.15, 0.2) is 23.3 Å². The van der Waals surface area contributed by atoms with E-state index in [1.54, 1.807) is 6.92 Å². The predicted octanol–water partition coefficient (Wildman–Crippen LogP) is 5.07. The van der Waals surface area contributed by atoms with Crippen LogP contribution < -0.4 is 0 Å². The first-order chi connectivity index (χ1) is 12.3. The third-order valence-corrected chi connectivity index (χ3v) is 6.74. The number of methoxy groups -OCH3 is 1. The van der Waals surface area contributed by atoms with Gasteiger partial charge in [0.05, 0.1) is 12.5 Å². The van der Waals surface area contributed by atoms with Gasteiger partial charge in [0.2, 0.25) is 0 Å². The quantitative estimate of drug-likeness (QED) is 0.369. The molecule has 1 fully saturated rings. The Morgan fingerprint density at radius 2 is 1.56 bits per heavy atom. The predicted molar refractivity (Wildman–Crippen MR) is 108 cm³/mol. The third kappa shape index (κ3) is 3.95. The number of hydrogen-bond donors (Lipinski definition) is 0. The summed E-state index contributed by atoms with van der Waals surface area (Å²) in [5.74, 6) is -1.02. The van der Waals surface area contributed by atoms with Crippen molar-refractivity contribution in [2.75, 3.05) is 7.11 Å². The van der Waals surface area contributed by atoms with Crippen LogP contribution in [0.25, 0.3) is 0 Å². The lowest BCUT2D eigenvalue weighted by Gasteiger charge is -2.55. The Morgan fingerprint density at radius 3 is 1.96 bits per heavy atom. The van der Waals surface area contributed by atoms with Crippen LogP contribution in [0.2, 0.25) is 0 Å². The van der Waals surface area contributed by atoms with Gasteiger partial charge in [0, 0.05) is 0 Å². The van der Waals surface area contributed by atoms with Crippen LogP contribution in [-0.2, 0) is 19.1 Å². The van der Waals surface area contributed by atoms with Gasteiger partial charge in [-0.1, -0.05) is 37.1 Å². The van der Waals surface area contributed by atoms with Crippen molar-refractivity contribution in [3.8, 4) is 0 Å². The molecular weight excluding hydrogens is 340 g/mol. The molecule has 0 aromatic heterocycles. The molecule has 4 nitrogen and oxygen atoms in total. The second kappa shape index (κ2) is 8.12. The van der Waals surface area contributed by atoms with Crippen LogP contribution in [0.3, 0.4) is 0 Å². The Bertz CT molecular complexity index is 674. The monoisotopic (exact) mass is 376 g/mol. The molecule has 0 spiro atoms. The molecule has 0 aromatic rings. The highest BCUT2D eigenvalue weighted by atomic mass is 16.5. The molecule has 3 atom stereocenters. The Hall–Kier alpha value is -1.71. The highest BCUT2D eigenvalue weighted by Gasteiger charge is 2.66. The third-order valence-electron chi connectivity index (χ3n) is 6.74. The maximum atomic E-state index is 13.8. The van der Waals surface area contributed by atoms with E-state index in [1.165, 1.54) is 19.6 Å². The largest absolute Gasteiger partial charge is 0.468 e. The molecule has 27 heavy (non-hydrogen) atoms. The number of allylic oxidation sites excluding steroid dienone is 4. The zero-order chi connectivity index (χ0) is 21.2. The van der Waals surface area contributed by atoms with Crippen LogP contribution in [0.4, 0.5) is 0 Å². The normalized spacial score (nSPS) is 29.7. The molecular formula is C23H36O4. The topological polar surface area (TPSA) is 60.4 Å². The fourth-order valence-corrected chi connectivity index (χ4v) is 4.33. The summed E-state index contributed by atoms with van der Waals surface area (Å²) >= 11 is 0. The van der Waals surface area contributed by atoms with Gasteiger partial charge < -0.3 is 4.74 Å². The molecule has 0 aliphatic heterocycles. The van der Waals surface area contributed by atoms with Crippen LogP contribution in [0.5, 0.6) is 0 Å². The van der Waals surface area contributed by atoms with Crippen molar-refractivity contribution < 1.29 is 19.1 Å². The molecule has 0 N–H and O–H groups in total. The minimum absolute atomic E-state index is 0.00339. The summed E-state index contributed by atoms with van der Waals surface area (Å²) in [6, 6.07) is 0. The van der Waals surface area contributed by atoms with Crippen LogP contribution in [0, 0.1) is 22.2 Å². The highest BCUT2D eigenvalue weighted by molar-refractivity contribution is 6.17.